The van der Waals surface area contributed by atoms with Gasteiger partial charge in [-0.2, -0.15) is 4.98 Å². The van der Waals surface area contributed by atoms with E-state index >= 15 is 0 Å². The lowest BCUT2D eigenvalue weighted by Crippen LogP contribution is -2.40. The molecule has 244 valence electrons. The second kappa shape index (κ2) is 14.2. The van der Waals surface area contributed by atoms with Gasteiger partial charge in [0.1, 0.15) is 42.4 Å². The van der Waals surface area contributed by atoms with Crippen molar-refractivity contribution in [3.63, 3.8) is 0 Å². The van der Waals surface area contributed by atoms with Crippen molar-refractivity contribution in [3.05, 3.63) is 55.8 Å². The van der Waals surface area contributed by atoms with Gasteiger partial charge in [0.15, 0.2) is 18.9 Å². The van der Waals surface area contributed by atoms with Gasteiger partial charge in [-0.1, -0.05) is 13.8 Å². The Hall–Kier alpha value is -2.64. The fourth-order valence-corrected chi connectivity index (χ4v) is 6.48. The third-order valence-corrected chi connectivity index (χ3v) is 8.93. The largest absolute Gasteiger partial charge is 0.394 e. The van der Waals surface area contributed by atoms with E-state index in [1.165, 1.54) is 39.3 Å². The number of nitrogens with one attached hydrogen (secondary N) is 2. The lowest BCUT2D eigenvalue weighted by molar-refractivity contribution is -0.118. The first-order chi connectivity index (χ1) is 20.8. The van der Waals surface area contributed by atoms with Crippen LogP contribution in [0, 0.1) is 5.92 Å². The van der Waals surface area contributed by atoms with E-state index in [-0.39, 0.29) is 24.2 Å². The average molecular weight is 662 g/mol. The van der Waals surface area contributed by atoms with Gasteiger partial charge in [0.05, 0.1) is 13.2 Å². The van der Waals surface area contributed by atoms with Gasteiger partial charge >= 0.3 is 11.4 Å². The summed E-state index contributed by atoms with van der Waals surface area (Å²) >= 11 is 5.61. The van der Waals surface area contributed by atoms with E-state index in [0.717, 1.165) is 15.2 Å². The molecule has 2 aromatic heterocycles. The minimum atomic E-state index is -3.15. The predicted octanol–water partition coefficient (Wildman–Crippen LogP) is -1.09. The highest BCUT2D eigenvalue weighted by atomic mass is 32.5. The number of hydrogen-bond acceptors (Lipinski definition) is 14. The van der Waals surface area contributed by atoms with Crippen LogP contribution in [-0.2, 0) is 44.6 Å². The van der Waals surface area contributed by atoms with Crippen molar-refractivity contribution >= 4 is 30.0 Å². The van der Waals surface area contributed by atoms with Crippen molar-refractivity contribution in [2.45, 2.75) is 62.9 Å². The Labute approximate surface area is 256 Å². The van der Waals surface area contributed by atoms with Crippen LogP contribution in [0.4, 0.5) is 5.82 Å². The van der Waals surface area contributed by atoms with Crippen LogP contribution in [0.2, 0.25) is 0 Å². The van der Waals surface area contributed by atoms with Crippen molar-refractivity contribution in [1.29, 1.82) is 0 Å². The van der Waals surface area contributed by atoms with Crippen LogP contribution in [0.1, 0.15) is 26.3 Å². The molecular formula is C25H36N5O12PS. The third kappa shape index (κ3) is 7.42. The fourth-order valence-electron chi connectivity index (χ4n) is 4.83. The van der Waals surface area contributed by atoms with E-state index in [2.05, 4.69) is 15.3 Å². The van der Waals surface area contributed by atoms with Crippen LogP contribution in [0.3, 0.4) is 0 Å². The molecule has 2 fully saturated rings. The van der Waals surface area contributed by atoms with E-state index in [9.17, 15) is 29.4 Å². The van der Waals surface area contributed by atoms with E-state index in [1.807, 2.05) is 0 Å². The molecule has 4 N–H and O–H groups in total. The van der Waals surface area contributed by atoms with E-state index in [0.29, 0.717) is 0 Å². The normalized spacial score (nSPS) is 30.0. The molecule has 2 aliphatic rings. The van der Waals surface area contributed by atoms with Gasteiger partial charge in [-0.05, 0) is 17.9 Å². The molecule has 4 rings (SSSR count). The zero-order valence-electron chi connectivity index (χ0n) is 24.6. The summed E-state index contributed by atoms with van der Waals surface area (Å²) in [4.78, 5) is 54.7. The summed E-state index contributed by atoms with van der Waals surface area (Å²) in [5.41, 5.74) is -2.08. The Balaban J connectivity index is 1.45. The highest BCUT2D eigenvalue weighted by molar-refractivity contribution is 8.09. The number of rotatable bonds is 12. The van der Waals surface area contributed by atoms with Crippen LogP contribution in [0.5, 0.6) is 0 Å². The number of ether oxygens (including phenoxy) is 4. The molecule has 4 heterocycles. The zero-order chi connectivity index (χ0) is 32.3. The number of methoxy groups -OCH3 is 2. The average Bonchev–Trinajstić information content (AvgIpc) is 3.47. The molecule has 0 radical (unpaired) electrons. The summed E-state index contributed by atoms with van der Waals surface area (Å²) in [6.45, 7) is 1.01. The zero-order valence-corrected chi connectivity index (χ0v) is 26.3. The molecular weight excluding hydrogens is 625 g/mol. The molecule has 44 heavy (non-hydrogen) atoms. The van der Waals surface area contributed by atoms with Gasteiger partial charge in [-0.25, -0.2) is 9.59 Å². The smallest absolute Gasteiger partial charge is 0.351 e. The molecule has 0 aliphatic carbocycles. The van der Waals surface area contributed by atoms with E-state index in [4.69, 9.17) is 39.8 Å². The number of aromatic nitrogens is 4. The minimum absolute atomic E-state index is 0.0697. The molecule has 0 aromatic carbocycles. The van der Waals surface area contributed by atoms with Crippen molar-refractivity contribution in [2.75, 3.05) is 39.4 Å². The summed E-state index contributed by atoms with van der Waals surface area (Å²) < 4.78 is 37.0. The number of anilines is 1. The third-order valence-electron chi connectivity index (χ3n) is 7.11. The number of H-pyrrole nitrogens is 1. The maximum Gasteiger partial charge on any atom is 0.351 e. The molecule has 2 aromatic rings. The number of nitrogens with zero attached hydrogens (tertiary/aromatic N) is 3. The number of aliphatic hydroxyl groups excluding tert-OH is 2. The van der Waals surface area contributed by atoms with Gasteiger partial charge in [0.2, 0.25) is 5.91 Å². The Kier molecular flexibility index (Phi) is 11.0. The molecule has 2 aliphatic heterocycles. The second-order valence-electron chi connectivity index (χ2n) is 10.5. The lowest BCUT2D eigenvalue weighted by Gasteiger charge is -2.29. The van der Waals surface area contributed by atoms with Crippen LogP contribution in [-0.4, -0.2) is 106 Å². The molecule has 2 saturated heterocycles. The number of hydrogen-bond donors (Lipinski definition) is 4. The summed E-state index contributed by atoms with van der Waals surface area (Å²) in [5.74, 6) is -0.551. The van der Waals surface area contributed by atoms with Crippen molar-refractivity contribution < 1.29 is 43.0 Å². The Bertz CT molecular complexity index is 1550. The SMILES string of the molecule is CO[C@@H]1[C@H](O)[C@@H](COP(C)(=S)O[C@H]2[C@@H](OC)[C@H](n3ccc(=O)[nH]c3=O)O[C@@H]2CO)O[C@H]1n1ccc(NC(=O)C(C)C)nc1=O. The number of aromatic amines is 1. The maximum absolute atomic E-state index is 12.8. The van der Waals surface area contributed by atoms with Gasteiger partial charge in [-0.3, -0.25) is 23.7 Å². The highest BCUT2D eigenvalue weighted by Gasteiger charge is 2.50. The standard InChI is InChI=1S/C25H36N5O12PS/c1-12(2)21(34)26-15-6-8-29(24(35)27-15)22-19(37-3)17(33)14(41-22)11-39-43(5,44)42-18-13(10-31)40-23(20(18)38-4)30-9-7-16(32)28-25(30)36/h6-9,12-14,17-20,22-23,31,33H,10-11H2,1-5H3,(H,28,32,36)(H,26,27,34,35)/t13-,14-,17-,18-,19-,20-,22-,23-,43?/m1/s1. The maximum atomic E-state index is 12.8. The molecule has 0 saturated carbocycles. The van der Waals surface area contributed by atoms with Gasteiger partial charge < -0.3 is 43.5 Å². The Morgan fingerprint density at radius 2 is 1.73 bits per heavy atom. The predicted molar refractivity (Wildman–Crippen MR) is 157 cm³/mol. The second-order valence-corrected chi connectivity index (χ2v) is 14.5. The first-order valence-corrected chi connectivity index (χ1v) is 16.7. The summed E-state index contributed by atoms with van der Waals surface area (Å²) in [7, 11) is 2.71. The number of carbonyl (C=O) groups excluding carboxylic acids is 1. The first kappa shape index (κ1) is 34.2. The quantitative estimate of drug-likeness (QED) is 0.199. The number of aliphatic hydroxyl groups is 2. The van der Waals surface area contributed by atoms with Gasteiger partial charge in [0.25, 0.3) is 5.56 Å². The lowest BCUT2D eigenvalue weighted by atomic mass is 10.1. The topological polar surface area (TPSA) is 215 Å². The van der Waals surface area contributed by atoms with Crippen LogP contribution >= 0.6 is 6.49 Å². The van der Waals surface area contributed by atoms with Crippen LogP contribution in [0.25, 0.3) is 0 Å². The monoisotopic (exact) mass is 661 g/mol. The number of amides is 1. The Morgan fingerprint density at radius 1 is 1.09 bits per heavy atom. The molecule has 0 bridgehead atoms. The van der Waals surface area contributed by atoms with Crippen LogP contribution < -0.4 is 22.3 Å². The van der Waals surface area contributed by atoms with E-state index in [1.54, 1.807) is 13.8 Å². The van der Waals surface area contributed by atoms with E-state index < -0.39 is 79.1 Å². The molecule has 19 heteroatoms. The van der Waals surface area contributed by atoms with Crippen molar-refractivity contribution in [1.82, 2.24) is 19.1 Å². The fraction of sp³-hybridized carbons (Fsp3) is 0.640. The Morgan fingerprint density at radius 3 is 2.32 bits per heavy atom. The molecule has 17 nitrogen and oxygen atoms in total. The van der Waals surface area contributed by atoms with Crippen molar-refractivity contribution in [3.8, 4) is 0 Å². The molecule has 1 amide bonds. The minimum Gasteiger partial charge on any atom is -0.394 e. The summed E-state index contributed by atoms with van der Waals surface area (Å²) in [5, 5.41) is 23.5. The number of carbonyl (C=O) groups is 1. The molecule has 9 atom stereocenters. The van der Waals surface area contributed by atoms with Crippen molar-refractivity contribution in [2.24, 2.45) is 5.92 Å². The highest BCUT2D eigenvalue weighted by Crippen LogP contribution is 2.50. The molecule has 0 spiro atoms. The summed E-state index contributed by atoms with van der Waals surface area (Å²) in [6, 6.07) is 2.57. The van der Waals surface area contributed by atoms with Gasteiger partial charge in [0, 0.05) is 45.3 Å². The van der Waals surface area contributed by atoms with Gasteiger partial charge in [-0.15, -0.1) is 0 Å². The van der Waals surface area contributed by atoms with Crippen LogP contribution in [0.15, 0.2) is 38.9 Å². The summed E-state index contributed by atoms with van der Waals surface area (Å²) in [6.07, 6.45) is -5.60. The first-order valence-electron chi connectivity index (χ1n) is 13.6. The molecule has 1 unspecified atom stereocenters.